The highest BCUT2D eigenvalue weighted by Gasteiger charge is 2.23. The van der Waals surface area contributed by atoms with E-state index in [0.717, 1.165) is 16.7 Å². The molecule has 0 atom stereocenters. The number of para-hydroxylation sites is 1. The van der Waals surface area contributed by atoms with Crippen molar-refractivity contribution in [2.24, 2.45) is 0 Å². The van der Waals surface area contributed by atoms with Crippen LogP contribution in [0.1, 0.15) is 16.7 Å². The van der Waals surface area contributed by atoms with E-state index in [9.17, 15) is 13.2 Å². The van der Waals surface area contributed by atoms with Gasteiger partial charge in [-0.3, -0.25) is 14.2 Å². The van der Waals surface area contributed by atoms with Crippen molar-refractivity contribution in [1.29, 1.82) is 0 Å². The van der Waals surface area contributed by atoms with Crippen LogP contribution in [-0.4, -0.2) is 48.3 Å². The summed E-state index contributed by atoms with van der Waals surface area (Å²) in [6.45, 7) is 2.63. The lowest BCUT2D eigenvalue weighted by Gasteiger charge is -2.11. The number of aryl methyl sites for hydroxylation is 1. The normalized spacial score (nSPS) is 11.3. The maximum Gasteiger partial charge on any atom is 0.298 e. The third-order valence-electron chi connectivity index (χ3n) is 5.34. The molecule has 11 heteroatoms. The van der Waals surface area contributed by atoms with E-state index in [0.29, 0.717) is 24.1 Å². The number of hydrogen-bond donors (Lipinski definition) is 1. The molecule has 0 fully saturated rings. The van der Waals surface area contributed by atoms with Crippen LogP contribution in [0.5, 0.6) is 5.75 Å². The molecule has 180 valence electrons. The van der Waals surface area contributed by atoms with Gasteiger partial charge in [0.05, 0.1) is 25.2 Å². The third-order valence-corrected chi connectivity index (χ3v) is 6.72. The van der Waals surface area contributed by atoms with Crippen LogP contribution in [0, 0.1) is 19.3 Å². The van der Waals surface area contributed by atoms with E-state index in [4.69, 9.17) is 15.7 Å². The Hall–Kier alpha value is -4.30. The molecular weight excluding hydrogens is 470 g/mol. The van der Waals surface area contributed by atoms with Gasteiger partial charge in [0, 0.05) is 25.4 Å². The van der Waals surface area contributed by atoms with Crippen LogP contribution in [0.2, 0.25) is 0 Å². The van der Waals surface area contributed by atoms with Crippen LogP contribution in [-0.2, 0) is 27.9 Å². The van der Waals surface area contributed by atoms with Gasteiger partial charge in [-0.2, -0.15) is 5.10 Å². The molecular formula is C24H23N5O5S. The van der Waals surface area contributed by atoms with Gasteiger partial charge in [0.2, 0.25) is 0 Å². The average molecular weight is 494 g/mol. The monoisotopic (exact) mass is 493 g/mol. The van der Waals surface area contributed by atoms with E-state index in [1.165, 1.54) is 18.1 Å². The molecule has 0 aliphatic heterocycles. The molecule has 4 rings (SSSR count). The molecule has 0 unspecified atom stereocenters. The van der Waals surface area contributed by atoms with E-state index in [-0.39, 0.29) is 16.5 Å². The average Bonchev–Trinajstić information content (AvgIpc) is 3.44. The Morgan fingerprint density at radius 2 is 2.06 bits per heavy atom. The van der Waals surface area contributed by atoms with Crippen molar-refractivity contribution in [3.63, 3.8) is 0 Å². The summed E-state index contributed by atoms with van der Waals surface area (Å²) in [6, 6.07) is 10.0. The summed E-state index contributed by atoms with van der Waals surface area (Å²) >= 11 is 0. The maximum atomic E-state index is 13.0. The number of rotatable bonds is 8. The molecule has 2 heterocycles. The van der Waals surface area contributed by atoms with E-state index < -0.39 is 15.9 Å². The zero-order chi connectivity index (χ0) is 25.2. The lowest BCUT2D eigenvalue weighted by molar-refractivity contribution is -0.124. The Bertz CT molecular complexity index is 1550. The number of benzene rings is 2. The number of carbonyl (C=O) groups is 1. The maximum absolute atomic E-state index is 13.0. The number of anilines is 1. The van der Waals surface area contributed by atoms with Gasteiger partial charge in [0.1, 0.15) is 10.6 Å². The van der Waals surface area contributed by atoms with Gasteiger partial charge < -0.3 is 14.2 Å². The first-order chi connectivity index (χ1) is 16.7. The molecule has 2 aromatic carbocycles. The Balaban J connectivity index is 1.56. The first kappa shape index (κ1) is 23.8. The molecule has 0 spiro atoms. The van der Waals surface area contributed by atoms with Crippen LogP contribution in [0.25, 0.3) is 11.0 Å². The van der Waals surface area contributed by atoms with Gasteiger partial charge in [-0.15, -0.1) is 6.42 Å². The lowest BCUT2D eigenvalue weighted by atomic mass is 10.1. The van der Waals surface area contributed by atoms with Gasteiger partial charge in [-0.1, -0.05) is 23.4 Å². The molecule has 0 aliphatic rings. The van der Waals surface area contributed by atoms with Gasteiger partial charge in [0.25, 0.3) is 15.9 Å². The smallest absolute Gasteiger partial charge is 0.298 e. The zero-order valence-electron chi connectivity index (χ0n) is 19.3. The fraction of sp³-hybridized carbons (Fsp3) is 0.208. The molecule has 35 heavy (non-hydrogen) atoms. The number of terminal acetylenes is 1. The predicted molar refractivity (Wildman–Crippen MR) is 129 cm³/mol. The number of amides is 1. The van der Waals surface area contributed by atoms with Crippen molar-refractivity contribution in [3.05, 3.63) is 65.5 Å². The third kappa shape index (κ3) is 4.97. The largest absolute Gasteiger partial charge is 0.495 e. The number of fused-ring (bicyclic) bond motifs is 1. The summed E-state index contributed by atoms with van der Waals surface area (Å²) in [6.07, 6.45) is 8.65. The van der Waals surface area contributed by atoms with Crippen molar-refractivity contribution in [3.8, 4) is 18.1 Å². The first-order valence-corrected chi connectivity index (χ1v) is 12.0. The van der Waals surface area contributed by atoms with Crippen molar-refractivity contribution in [1.82, 2.24) is 19.8 Å². The van der Waals surface area contributed by atoms with Gasteiger partial charge >= 0.3 is 0 Å². The van der Waals surface area contributed by atoms with Crippen LogP contribution >= 0.6 is 0 Å². The minimum atomic E-state index is -3.96. The van der Waals surface area contributed by atoms with Gasteiger partial charge in [0.15, 0.2) is 11.4 Å². The van der Waals surface area contributed by atoms with Crippen LogP contribution in [0.3, 0.4) is 0 Å². The quantitative estimate of drug-likeness (QED) is 0.375. The second-order valence-corrected chi connectivity index (χ2v) is 9.58. The van der Waals surface area contributed by atoms with Crippen LogP contribution in [0.4, 0.5) is 5.82 Å². The number of carbonyl (C=O) groups excluding carboxylic acids is 1. The number of hydrogen-bond acceptors (Lipinski definition) is 7. The minimum absolute atomic E-state index is 0.00278. The molecule has 0 saturated heterocycles. The summed E-state index contributed by atoms with van der Waals surface area (Å²) in [5, 5.41) is 8.85. The highest BCUT2D eigenvalue weighted by molar-refractivity contribution is 7.92. The SMILES string of the molecule is C#CC(=O)N(C)Cc1cnn(Cc2cc(C)c3c(NS(=O)(=O)c4ccccc4OC)noc3c2)c1. The fourth-order valence-corrected chi connectivity index (χ4v) is 4.92. The van der Waals surface area contributed by atoms with Crippen molar-refractivity contribution < 1.29 is 22.5 Å². The number of nitrogens with zero attached hydrogens (tertiary/aromatic N) is 4. The molecule has 1 N–H and O–H groups in total. The number of ether oxygens (including phenoxy) is 1. The van der Waals surface area contributed by atoms with E-state index in [2.05, 4.69) is 20.9 Å². The number of aromatic nitrogens is 3. The summed E-state index contributed by atoms with van der Waals surface area (Å²) in [4.78, 5) is 13.0. The van der Waals surface area contributed by atoms with Gasteiger partial charge in [-0.25, -0.2) is 8.42 Å². The molecule has 0 saturated carbocycles. The number of nitrogens with one attached hydrogen (secondary N) is 1. The summed E-state index contributed by atoms with van der Waals surface area (Å²) < 4.78 is 40.8. The Kier molecular flexibility index (Phi) is 6.48. The summed E-state index contributed by atoms with van der Waals surface area (Å²) in [5.41, 5.74) is 2.93. The topological polar surface area (TPSA) is 120 Å². The van der Waals surface area contributed by atoms with E-state index in [1.807, 2.05) is 19.2 Å². The van der Waals surface area contributed by atoms with Crippen molar-refractivity contribution in [2.75, 3.05) is 18.9 Å². The predicted octanol–water partition coefficient (Wildman–Crippen LogP) is 2.78. The molecule has 0 bridgehead atoms. The molecule has 10 nitrogen and oxygen atoms in total. The molecule has 0 radical (unpaired) electrons. The fourth-order valence-electron chi connectivity index (χ4n) is 3.74. The van der Waals surface area contributed by atoms with Crippen LogP contribution < -0.4 is 9.46 Å². The Morgan fingerprint density at radius 3 is 2.80 bits per heavy atom. The van der Waals surface area contributed by atoms with E-state index in [1.54, 1.807) is 42.2 Å². The highest BCUT2D eigenvalue weighted by Crippen LogP contribution is 2.31. The van der Waals surface area contributed by atoms with Gasteiger partial charge in [-0.05, 0) is 42.2 Å². The van der Waals surface area contributed by atoms with Crippen molar-refractivity contribution in [2.45, 2.75) is 24.9 Å². The molecule has 1 amide bonds. The van der Waals surface area contributed by atoms with Crippen molar-refractivity contribution >= 4 is 32.7 Å². The van der Waals surface area contributed by atoms with E-state index >= 15 is 0 Å². The number of methoxy groups -OCH3 is 1. The second-order valence-electron chi connectivity index (χ2n) is 7.93. The molecule has 0 aliphatic carbocycles. The number of sulfonamides is 1. The van der Waals surface area contributed by atoms with Crippen LogP contribution in [0.15, 0.2) is 58.2 Å². The summed E-state index contributed by atoms with van der Waals surface area (Å²) in [5.74, 6) is 2.00. The Morgan fingerprint density at radius 1 is 1.29 bits per heavy atom. The standard InChI is InChI=1S/C24H23N5O5S/c1-5-22(30)28(3)13-18-12-25-29(15-18)14-17-10-16(2)23-20(11-17)34-26-24(23)27-35(31,32)21-9-7-6-8-19(21)33-4/h1,6-12,15H,13-14H2,2-4H3,(H,26,27). The minimum Gasteiger partial charge on any atom is -0.495 e. The first-order valence-electron chi connectivity index (χ1n) is 10.5. The lowest BCUT2D eigenvalue weighted by Crippen LogP contribution is -2.24. The highest BCUT2D eigenvalue weighted by atomic mass is 32.2. The Labute approximate surface area is 202 Å². The molecule has 4 aromatic rings. The zero-order valence-corrected chi connectivity index (χ0v) is 20.2. The molecule has 2 aromatic heterocycles. The summed E-state index contributed by atoms with van der Waals surface area (Å²) in [7, 11) is -0.929. The second kappa shape index (κ2) is 9.52.